The van der Waals surface area contributed by atoms with Gasteiger partial charge in [-0.2, -0.15) is 0 Å². The largest absolute Gasteiger partial charge is 0.288 e. The van der Waals surface area contributed by atoms with Crippen molar-refractivity contribution in [3.05, 3.63) is 69.4 Å². The van der Waals surface area contributed by atoms with Crippen molar-refractivity contribution in [1.29, 1.82) is 0 Å². The highest BCUT2D eigenvalue weighted by Gasteiger charge is 2.13. The Bertz CT molecular complexity index is 590. The number of halogens is 2. The minimum absolute atomic E-state index is 0.103. The molecule has 1 nitrogen and oxygen atoms in total. The summed E-state index contributed by atoms with van der Waals surface area (Å²) in [5.74, 6) is -0.787. The normalized spacial score (nSPS) is 10.5. The van der Waals surface area contributed by atoms with E-state index in [2.05, 4.69) is 22.9 Å². The Hall–Kier alpha value is -1.48. The molecule has 0 bridgehead atoms. The maximum atomic E-state index is 13.7. The molecule has 0 aliphatic rings. The van der Waals surface area contributed by atoms with Gasteiger partial charge in [0.15, 0.2) is 5.78 Å². The molecule has 0 N–H and O–H groups in total. The molecule has 0 atom stereocenters. The third-order valence-corrected chi connectivity index (χ3v) is 3.42. The molecule has 0 aliphatic heterocycles. The number of benzene rings is 2. The molecule has 0 unspecified atom stereocenters. The van der Waals surface area contributed by atoms with Gasteiger partial charge in [0.25, 0.3) is 0 Å². The van der Waals surface area contributed by atoms with E-state index in [0.717, 1.165) is 12.8 Å². The quantitative estimate of drug-likeness (QED) is 0.741. The van der Waals surface area contributed by atoms with Gasteiger partial charge in [-0.15, -0.1) is 0 Å². The van der Waals surface area contributed by atoms with E-state index >= 15 is 0 Å². The van der Waals surface area contributed by atoms with E-state index < -0.39 is 5.82 Å². The number of carbonyl (C=O) groups is 1. The summed E-state index contributed by atoms with van der Waals surface area (Å²) in [6, 6.07) is 11.8. The average Bonchev–Trinajstić information content (AvgIpc) is 2.39. The van der Waals surface area contributed by atoms with Crippen LogP contribution in [0.15, 0.2) is 46.9 Å². The molecule has 0 saturated carbocycles. The molecule has 0 radical (unpaired) electrons. The fraction of sp³-hybridized carbons (Fsp3) is 0.188. The van der Waals surface area contributed by atoms with Gasteiger partial charge < -0.3 is 0 Å². The van der Waals surface area contributed by atoms with Crippen LogP contribution < -0.4 is 0 Å². The first kappa shape index (κ1) is 13.9. The maximum absolute atomic E-state index is 13.7. The predicted molar refractivity (Wildman–Crippen MR) is 78.0 cm³/mol. The zero-order valence-electron chi connectivity index (χ0n) is 10.6. The van der Waals surface area contributed by atoms with E-state index in [1.54, 1.807) is 18.2 Å². The van der Waals surface area contributed by atoms with Gasteiger partial charge in [0.1, 0.15) is 5.82 Å². The summed E-state index contributed by atoms with van der Waals surface area (Å²) in [7, 11) is 0. The zero-order valence-corrected chi connectivity index (χ0v) is 12.2. The predicted octanol–water partition coefficient (Wildman–Crippen LogP) is 4.77. The van der Waals surface area contributed by atoms with E-state index in [-0.39, 0.29) is 11.3 Å². The molecule has 0 heterocycles. The Balaban J connectivity index is 2.28. The second-order valence-corrected chi connectivity index (χ2v) is 5.32. The first-order valence-electron chi connectivity index (χ1n) is 6.20. The van der Waals surface area contributed by atoms with E-state index in [9.17, 15) is 9.18 Å². The molecule has 0 fully saturated rings. The van der Waals surface area contributed by atoms with E-state index in [1.807, 2.05) is 12.1 Å². The summed E-state index contributed by atoms with van der Waals surface area (Å²) in [5, 5.41) is 0. The van der Waals surface area contributed by atoms with Crippen LogP contribution in [0.25, 0.3) is 0 Å². The van der Waals surface area contributed by atoms with Crippen molar-refractivity contribution in [1.82, 2.24) is 0 Å². The maximum Gasteiger partial charge on any atom is 0.195 e. The third kappa shape index (κ3) is 3.29. The second-order valence-electron chi connectivity index (χ2n) is 4.40. The average molecular weight is 321 g/mol. The van der Waals surface area contributed by atoms with Crippen molar-refractivity contribution in [2.75, 3.05) is 0 Å². The highest BCUT2D eigenvalue weighted by Crippen LogP contribution is 2.19. The Labute approximate surface area is 120 Å². The molecule has 0 spiro atoms. The van der Waals surface area contributed by atoms with Crippen LogP contribution in [-0.2, 0) is 6.42 Å². The van der Waals surface area contributed by atoms with Gasteiger partial charge in [0.05, 0.1) is 5.56 Å². The van der Waals surface area contributed by atoms with Crippen molar-refractivity contribution < 1.29 is 9.18 Å². The van der Waals surface area contributed by atoms with Crippen LogP contribution in [0.1, 0.15) is 34.8 Å². The molecule has 0 aromatic heterocycles. The minimum Gasteiger partial charge on any atom is -0.288 e. The van der Waals surface area contributed by atoms with E-state index in [1.165, 1.54) is 17.7 Å². The van der Waals surface area contributed by atoms with Gasteiger partial charge >= 0.3 is 0 Å². The molecule has 2 aromatic carbocycles. The summed E-state index contributed by atoms with van der Waals surface area (Å²) < 4.78 is 14.4. The first-order valence-corrected chi connectivity index (χ1v) is 7.00. The molecule has 19 heavy (non-hydrogen) atoms. The van der Waals surface area contributed by atoms with Crippen LogP contribution in [0.5, 0.6) is 0 Å². The monoisotopic (exact) mass is 320 g/mol. The molecule has 0 aliphatic carbocycles. The van der Waals surface area contributed by atoms with Crippen molar-refractivity contribution in [3.8, 4) is 0 Å². The Morgan fingerprint density at radius 2 is 1.84 bits per heavy atom. The lowest BCUT2D eigenvalue weighted by Crippen LogP contribution is -2.04. The second kappa shape index (κ2) is 6.11. The van der Waals surface area contributed by atoms with Crippen LogP contribution in [0.4, 0.5) is 4.39 Å². The number of rotatable bonds is 4. The Morgan fingerprint density at radius 1 is 1.16 bits per heavy atom. The fourth-order valence-corrected chi connectivity index (χ4v) is 2.27. The molecule has 98 valence electrons. The molecule has 0 saturated heterocycles. The first-order chi connectivity index (χ1) is 9.11. The molecule has 2 aromatic rings. The summed E-state index contributed by atoms with van der Waals surface area (Å²) in [4.78, 5) is 12.2. The summed E-state index contributed by atoms with van der Waals surface area (Å²) in [6.45, 7) is 2.11. The SMILES string of the molecule is CCCc1ccc(C(=O)c2ccc(Br)cc2F)cc1. The molecule has 2 rings (SSSR count). The number of hydrogen-bond donors (Lipinski definition) is 0. The van der Waals surface area contributed by atoms with Crippen LogP contribution >= 0.6 is 15.9 Å². The lowest BCUT2D eigenvalue weighted by molar-refractivity contribution is 0.103. The highest BCUT2D eigenvalue weighted by atomic mass is 79.9. The van der Waals surface area contributed by atoms with Crippen LogP contribution in [0.2, 0.25) is 0 Å². The summed E-state index contributed by atoms with van der Waals surface area (Å²) in [5.41, 5.74) is 1.81. The van der Waals surface area contributed by atoms with Gasteiger partial charge in [-0.05, 0) is 30.2 Å². The molecular formula is C16H14BrFO. The number of ketones is 1. The standard InChI is InChI=1S/C16H14BrFO/c1-2-3-11-4-6-12(7-5-11)16(19)14-9-8-13(17)10-15(14)18/h4-10H,2-3H2,1H3. The topological polar surface area (TPSA) is 17.1 Å². The van der Waals surface area contributed by atoms with E-state index in [0.29, 0.717) is 10.0 Å². The fourth-order valence-electron chi connectivity index (χ4n) is 1.94. The van der Waals surface area contributed by atoms with E-state index in [4.69, 9.17) is 0 Å². The smallest absolute Gasteiger partial charge is 0.195 e. The van der Waals surface area contributed by atoms with Gasteiger partial charge in [-0.25, -0.2) is 4.39 Å². The van der Waals surface area contributed by atoms with Crippen molar-refractivity contribution in [2.24, 2.45) is 0 Å². The number of hydrogen-bond acceptors (Lipinski definition) is 1. The zero-order chi connectivity index (χ0) is 13.8. The lowest BCUT2D eigenvalue weighted by atomic mass is 10.0. The van der Waals surface area contributed by atoms with Crippen LogP contribution in [0.3, 0.4) is 0 Å². The van der Waals surface area contributed by atoms with Gasteiger partial charge in [0.2, 0.25) is 0 Å². The Morgan fingerprint density at radius 3 is 2.42 bits per heavy atom. The third-order valence-electron chi connectivity index (χ3n) is 2.93. The van der Waals surface area contributed by atoms with Crippen molar-refractivity contribution >= 4 is 21.7 Å². The van der Waals surface area contributed by atoms with Crippen molar-refractivity contribution in [2.45, 2.75) is 19.8 Å². The lowest BCUT2D eigenvalue weighted by Gasteiger charge is -2.05. The van der Waals surface area contributed by atoms with Crippen LogP contribution in [-0.4, -0.2) is 5.78 Å². The summed E-state index contributed by atoms with van der Waals surface area (Å²) in [6.07, 6.45) is 2.05. The highest BCUT2D eigenvalue weighted by molar-refractivity contribution is 9.10. The molecule has 0 amide bonds. The summed E-state index contributed by atoms with van der Waals surface area (Å²) >= 11 is 3.18. The minimum atomic E-state index is -0.503. The Kier molecular flexibility index (Phi) is 4.48. The van der Waals surface area contributed by atoms with Crippen molar-refractivity contribution in [3.63, 3.8) is 0 Å². The van der Waals surface area contributed by atoms with Gasteiger partial charge in [0, 0.05) is 10.0 Å². The number of carbonyl (C=O) groups excluding carboxylic acids is 1. The molecular weight excluding hydrogens is 307 g/mol. The van der Waals surface area contributed by atoms with Gasteiger partial charge in [-0.3, -0.25) is 4.79 Å². The van der Waals surface area contributed by atoms with Crippen LogP contribution in [0, 0.1) is 5.82 Å². The number of aryl methyl sites for hydroxylation is 1. The van der Waals surface area contributed by atoms with Gasteiger partial charge in [-0.1, -0.05) is 53.5 Å². The molecule has 3 heteroatoms.